The summed E-state index contributed by atoms with van der Waals surface area (Å²) in [4.78, 5) is 14.5. The lowest BCUT2D eigenvalue weighted by Crippen LogP contribution is -2.13. The molecule has 1 aromatic carbocycles. The number of nitrogens with zero attached hydrogens (tertiary/aromatic N) is 1. The first-order valence-electron chi connectivity index (χ1n) is 6.70. The van der Waals surface area contributed by atoms with Crippen molar-refractivity contribution < 1.29 is 27.5 Å². The summed E-state index contributed by atoms with van der Waals surface area (Å²) >= 11 is 0. The number of hydrogen-bond acceptors (Lipinski definition) is 3. The molecule has 8 heteroatoms. The van der Waals surface area contributed by atoms with Crippen molar-refractivity contribution >= 4 is 17.5 Å². The third kappa shape index (κ3) is 3.89. The van der Waals surface area contributed by atoms with Gasteiger partial charge in [-0.05, 0) is 42.3 Å². The first-order valence-corrected chi connectivity index (χ1v) is 6.70. The van der Waals surface area contributed by atoms with Crippen LogP contribution in [0.25, 0.3) is 0 Å². The Morgan fingerprint density at radius 2 is 2.00 bits per heavy atom. The molecule has 4 nitrogen and oxygen atoms in total. The van der Waals surface area contributed by atoms with Gasteiger partial charge in [-0.1, -0.05) is 6.08 Å². The van der Waals surface area contributed by atoms with E-state index in [0.717, 1.165) is 12.1 Å². The Morgan fingerprint density at radius 1 is 1.29 bits per heavy atom. The average Bonchev–Trinajstić information content (AvgIpc) is 2.49. The second-order valence-corrected chi connectivity index (χ2v) is 4.81. The van der Waals surface area contributed by atoms with Crippen LogP contribution in [-0.2, 0) is 12.6 Å². The predicted octanol–water partition coefficient (Wildman–Crippen LogP) is 4.41. The maximum Gasteiger partial charge on any atom is 0.433 e. The highest BCUT2D eigenvalue weighted by Gasteiger charge is 2.33. The molecule has 0 atom stereocenters. The topological polar surface area (TPSA) is 62.2 Å². The highest BCUT2D eigenvalue weighted by Crippen LogP contribution is 2.31. The second kappa shape index (κ2) is 6.69. The number of anilines is 2. The van der Waals surface area contributed by atoms with Crippen molar-refractivity contribution in [1.29, 1.82) is 0 Å². The van der Waals surface area contributed by atoms with Crippen LogP contribution in [0.5, 0.6) is 0 Å². The molecule has 0 spiro atoms. The zero-order valence-corrected chi connectivity index (χ0v) is 12.2. The van der Waals surface area contributed by atoms with Crippen LogP contribution in [0.4, 0.5) is 29.1 Å². The van der Waals surface area contributed by atoms with E-state index in [-0.39, 0.29) is 12.1 Å². The molecule has 1 aromatic heterocycles. The van der Waals surface area contributed by atoms with E-state index in [0.29, 0.717) is 11.6 Å². The van der Waals surface area contributed by atoms with E-state index >= 15 is 0 Å². The molecule has 2 aromatic rings. The number of aromatic nitrogens is 1. The van der Waals surface area contributed by atoms with E-state index in [2.05, 4.69) is 16.9 Å². The van der Waals surface area contributed by atoms with Crippen LogP contribution in [-0.4, -0.2) is 16.1 Å². The number of aromatic carboxylic acids is 1. The van der Waals surface area contributed by atoms with Gasteiger partial charge in [-0.25, -0.2) is 14.2 Å². The molecule has 126 valence electrons. The number of carbonyl (C=O) groups is 1. The van der Waals surface area contributed by atoms with Gasteiger partial charge in [-0.15, -0.1) is 6.58 Å². The normalized spacial score (nSPS) is 11.2. The minimum absolute atomic E-state index is 0.238. The summed E-state index contributed by atoms with van der Waals surface area (Å²) < 4.78 is 51.7. The molecule has 0 aliphatic rings. The van der Waals surface area contributed by atoms with Gasteiger partial charge in [0.25, 0.3) is 0 Å². The van der Waals surface area contributed by atoms with Gasteiger partial charge in [0.2, 0.25) is 0 Å². The zero-order chi connectivity index (χ0) is 17.9. The standard InChI is InChI=1S/C16H12F4N2O2/c1-2-3-9-8-10(17)4-6-12(9)21-14-11(15(23)24)5-7-13(22-14)16(18,19)20/h2,4-8H,1,3H2,(H,21,22)(H,23,24). The number of carboxylic acids is 1. The number of pyridine rings is 1. The van der Waals surface area contributed by atoms with E-state index in [1.165, 1.54) is 18.2 Å². The molecule has 0 aliphatic carbocycles. The number of halogens is 4. The van der Waals surface area contributed by atoms with Crippen LogP contribution in [0.1, 0.15) is 21.6 Å². The van der Waals surface area contributed by atoms with Crippen molar-refractivity contribution in [3.05, 3.63) is 65.6 Å². The Bertz CT molecular complexity index is 788. The van der Waals surface area contributed by atoms with Crippen LogP contribution in [0.3, 0.4) is 0 Å². The summed E-state index contributed by atoms with van der Waals surface area (Å²) in [6.45, 7) is 3.52. The quantitative estimate of drug-likeness (QED) is 0.625. The van der Waals surface area contributed by atoms with Crippen LogP contribution < -0.4 is 5.32 Å². The third-order valence-corrected chi connectivity index (χ3v) is 3.10. The molecule has 2 rings (SSSR count). The number of hydrogen-bond donors (Lipinski definition) is 2. The van der Waals surface area contributed by atoms with Crippen molar-refractivity contribution in [2.75, 3.05) is 5.32 Å². The van der Waals surface area contributed by atoms with Gasteiger partial charge >= 0.3 is 12.1 Å². The van der Waals surface area contributed by atoms with E-state index in [4.69, 9.17) is 5.11 Å². The van der Waals surface area contributed by atoms with Gasteiger partial charge in [-0.2, -0.15) is 13.2 Å². The molecule has 0 saturated carbocycles. The molecule has 0 bridgehead atoms. The fourth-order valence-electron chi connectivity index (χ4n) is 2.02. The molecule has 0 saturated heterocycles. The fraction of sp³-hybridized carbons (Fsp3) is 0.125. The summed E-state index contributed by atoms with van der Waals surface area (Å²) in [7, 11) is 0. The maximum atomic E-state index is 13.3. The molecule has 0 amide bonds. The van der Waals surface area contributed by atoms with E-state index in [9.17, 15) is 22.4 Å². The van der Waals surface area contributed by atoms with Crippen LogP contribution in [0, 0.1) is 5.82 Å². The van der Waals surface area contributed by atoms with Gasteiger partial charge in [0.15, 0.2) is 0 Å². The van der Waals surface area contributed by atoms with Gasteiger partial charge in [0.05, 0.1) is 0 Å². The Kier molecular flexibility index (Phi) is 4.87. The molecule has 0 unspecified atom stereocenters. The van der Waals surface area contributed by atoms with Crippen molar-refractivity contribution in [3.8, 4) is 0 Å². The molecule has 0 aliphatic heterocycles. The minimum Gasteiger partial charge on any atom is -0.478 e. The van der Waals surface area contributed by atoms with Crippen molar-refractivity contribution in [2.45, 2.75) is 12.6 Å². The van der Waals surface area contributed by atoms with E-state index < -0.39 is 35.0 Å². The van der Waals surface area contributed by atoms with Crippen LogP contribution in [0.15, 0.2) is 43.0 Å². The summed E-state index contributed by atoms with van der Waals surface area (Å²) in [5.41, 5.74) is -1.02. The first-order chi connectivity index (χ1) is 11.2. The summed E-state index contributed by atoms with van der Waals surface area (Å²) in [6, 6.07) is 4.98. The predicted molar refractivity (Wildman–Crippen MR) is 79.8 cm³/mol. The third-order valence-electron chi connectivity index (χ3n) is 3.10. The van der Waals surface area contributed by atoms with Gasteiger partial charge in [0, 0.05) is 5.69 Å². The van der Waals surface area contributed by atoms with Crippen molar-refractivity contribution in [1.82, 2.24) is 4.98 Å². The smallest absolute Gasteiger partial charge is 0.433 e. The summed E-state index contributed by atoms with van der Waals surface area (Å²) in [5.74, 6) is -2.45. The Hall–Kier alpha value is -2.90. The largest absolute Gasteiger partial charge is 0.478 e. The first kappa shape index (κ1) is 17.5. The van der Waals surface area contributed by atoms with Crippen LogP contribution >= 0.6 is 0 Å². The van der Waals surface area contributed by atoms with Gasteiger partial charge in [0.1, 0.15) is 22.9 Å². The maximum absolute atomic E-state index is 13.3. The molecule has 1 heterocycles. The number of alkyl halides is 3. The van der Waals surface area contributed by atoms with Gasteiger partial charge in [-0.3, -0.25) is 0 Å². The summed E-state index contributed by atoms with van der Waals surface area (Å²) in [6.07, 6.45) is -3.00. The average molecular weight is 340 g/mol. The lowest BCUT2D eigenvalue weighted by molar-refractivity contribution is -0.141. The number of benzene rings is 1. The monoisotopic (exact) mass is 340 g/mol. The Labute approximate surface area is 134 Å². The number of allylic oxidation sites excluding steroid dienone is 1. The highest BCUT2D eigenvalue weighted by atomic mass is 19.4. The molecule has 2 N–H and O–H groups in total. The molecule has 0 fully saturated rings. The lowest BCUT2D eigenvalue weighted by atomic mass is 10.1. The van der Waals surface area contributed by atoms with Crippen molar-refractivity contribution in [2.24, 2.45) is 0 Å². The zero-order valence-electron chi connectivity index (χ0n) is 12.2. The van der Waals surface area contributed by atoms with Crippen molar-refractivity contribution in [3.63, 3.8) is 0 Å². The van der Waals surface area contributed by atoms with Crippen LogP contribution in [0.2, 0.25) is 0 Å². The van der Waals surface area contributed by atoms with Gasteiger partial charge < -0.3 is 10.4 Å². The minimum atomic E-state index is -4.72. The second-order valence-electron chi connectivity index (χ2n) is 4.81. The number of nitrogens with one attached hydrogen (secondary N) is 1. The Balaban J connectivity index is 2.52. The fourth-order valence-corrected chi connectivity index (χ4v) is 2.02. The molecular formula is C16H12F4N2O2. The van der Waals surface area contributed by atoms with E-state index in [1.807, 2.05) is 0 Å². The SMILES string of the molecule is C=CCc1cc(F)ccc1Nc1nc(C(F)(F)F)ccc1C(=O)O. The molecule has 24 heavy (non-hydrogen) atoms. The van der Waals surface area contributed by atoms with E-state index in [1.54, 1.807) is 0 Å². The summed E-state index contributed by atoms with van der Waals surface area (Å²) in [5, 5.41) is 11.7. The lowest BCUT2D eigenvalue weighted by Gasteiger charge is -2.14. The number of rotatable bonds is 5. The Morgan fingerprint density at radius 3 is 2.58 bits per heavy atom. The highest BCUT2D eigenvalue weighted by molar-refractivity contribution is 5.94. The molecule has 0 radical (unpaired) electrons. The number of carboxylic acid groups (broad SMARTS) is 1. The molecular weight excluding hydrogens is 328 g/mol.